The molecule has 0 spiro atoms. The Balaban J connectivity index is 1.79. The summed E-state index contributed by atoms with van der Waals surface area (Å²) in [5, 5.41) is 12.4. The second-order valence-electron chi connectivity index (χ2n) is 5.84. The van der Waals surface area contributed by atoms with E-state index < -0.39 is 5.97 Å². The molecule has 1 aromatic rings. The van der Waals surface area contributed by atoms with Crippen LogP contribution in [-0.4, -0.2) is 17.6 Å². The SMILES string of the molecule is CC1CCC(CCNc2ccc(C(=O)O)c(Br)c2)CC1. The quantitative estimate of drug-likeness (QED) is 0.811. The zero-order valence-electron chi connectivity index (χ0n) is 11.9. The van der Waals surface area contributed by atoms with E-state index in [1.54, 1.807) is 6.07 Å². The van der Waals surface area contributed by atoms with E-state index in [4.69, 9.17) is 5.11 Å². The van der Waals surface area contributed by atoms with E-state index in [0.29, 0.717) is 10.0 Å². The van der Waals surface area contributed by atoms with Gasteiger partial charge in [0.2, 0.25) is 0 Å². The molecule has 1 aliphatic carbocycles. The topological polar surface area (TPSA) is 49.3 Å². The molecule has 4 heteroatoms. The minimum absolute atomic E-state index is 0.303. The van der Waals surface area contributed by atoms with E-state index in [-0.39, 0.29) is 0 Å². The number of carboxylic acid groups (broad SMARTS) is 1. The maximum atomic E-state index is 10.9. The van der Waals surface area contributed by atoms with Crippen molar-refractivity contribution in [2.24, 2.45) is 11.8 Å². The van der Waals surface area contributed by atoms with Gasteiger partial charge in [0.05, 0.1) is 5.56 Å². The van der Waals surface area contributed by atoms with Crippen LogP contribution in [0.3, 0.4) is 0 Å². The van der Waals surface area contributed by atoms with Crippen molar-refractivity contribution in [3.05, 3.63) is 28.2 Å². The molecule has 0 amide bonds. The monoisotopic (exact) mass is 339 g/mol. The van der Waals surface area contributed by atoms with Crippen molar-refractivity contribution in [1.82, 2.24) is 0 Å². The molecule has 0 radical (unpaired) electrons. The number of anilines is 1. The molecule has 110 valence electrons. The zero-order valence-corrected chi connectivity index (χ0v) is 13.4. The lowest BCUT2D eigenvalue weighted by molar-refractivity contribution is 0.0696. The Hall–Kier alpha value is -1.03. The number of halogens is 1. The summed E-state index contributed by atoms with van der Waals surface area (Å²) in [5.41, 5.74) is 1.28. The summed E-state index contributed by atoms with van der Waals surface area (Å²) < 4.78 is 0.626. The number of hydrogen-bond donors (Lipinski definition) is 2. The van der Waals surface area contributed by atoms with Crippen molar-refractivity contribution >= 4 is 27.6 Å². The van der Waals surface area contributed by atoms with Crippen LogP contribution in [0, 0.1) is 11.8 Å². The summed E-state index contributed by atoms with van der Waals surface area (Å²) >= 11 is 3.30. The van der Waals surface area contributed by atoms with E-state index in [2.05, 4.69) is 28.2 Å². The molecule has 0 aromatic heterocycles. The van der Waals surface area contributed by atoms with E-state index >= 15 is 0 Å². The smallest absolute Gasteiger partial charge is 0.336 e. The van der Waals surface area contributed by atoms with Crippen molar-refractivity contribution in [2.45, 2.75) is 39.0 Å². The summed E-state index contributed by atoms with van der Waals surface area (Å²) in [5.74, 6) is 0.846. The molecule has 0 bridgehead atoms. The third kappa shape index (κ3) is 4.23. The van der Waals surface area contributed by atoms with E-state index in [1.165, 1.54) is 32.1 Å². The van der Waals surface area contributed by atoms with Crippen LogP contribution in [0.25, 0.3) is 0 Å². The first-order valence-electron chi connectivity index (χ1n) is 7.33. The number of carboxylic acids is 1. The maximum absolute atomic E-state index is 10.9. The van der Waals surface area contributed by atoms with Crippen LogP contribution >= 0.6 is 15.9 Å². The second kappa shape index (κ2) is 7.11. The Morgan fingerprint density at radius 2 is 2.05 bits per heavy atom. The van der Waals surface area contributed by atoms with Gasteiger partial charge < -0.3 is 10.4 Å². The van der Waals surface area contributed by atoms with E-state index in [9.17, 15) is 4.79 Å². The summed E-state index contributed by atoms with van der Waals surface area (Å²) in [4.78, 5) is 10.9. The van der Waals surface area contributed by atoms with Gasteiger partial charge in [-0.15, -0.1) is 0 Å². The summed E-state index contributed by atoms with van der Waals surface area (Å²) in [7, 11) is 0. The summed E-state index contributed by atoms with van der Waals surface area (Å²) in [6.07, 6.45) is 6.63. The average molecular weight is 340 g/mol. The van der Waals surface area contributed by atoms with Gasteiger partial charge in [-0.2, -0.15) is 0 Å². The molecular formula is C16H22BrNO2. The van der Waals surface area contributed by atoms with Crippen LogP contribution in [0.1, 0.15) is 49.4 Å². The van der Waals surface area contributed by atoms with Crippen LogP contribution in [-0.2, 0) is 0 Å². The average Bonchev–Trinajstić information content (AvgIpc) is 2.41. The molecule has 3 nitrogen and oxygen atoms in total. The summed E-state index contributed by atoms with van der Waals surface area (Å²) in [6, 6.07) is 5.31. The first-order chi connectivity index (χ1) is 9.56. The Labute approximate surface area is 128 Å². The molecule has 0 heterocycles. The molecule has 1 saturated carbocycles. The lowest BCUT2D eigenvalue weighted by atomic mass is 9.81. The first kappa shape index (κ1) is 15.4. The predicted octanol–water partition coefficient (Wildman–Crippen LogP) is 4.78. The fourth-order valence-electron chi connectivity index (χ4n) is 2.84. The van der Waals surface area contributed by atoms with Crippen molar-refractivity contribution in [3.63, 3.8) is 0 Å². The summed E-state index contributed by atoms with van der Waals surface area (Å²) in [6.45, 7) is 3.30. The van der Waals surface area contributed by atoms with Crippen LogP contribution in [0.5, 0.6) is 0 Å². The van der Waals surface area contributed by atoms with Gasteiger partial charge in [0, 0.05) is 16.7 Å². The molecule has 0 aliphatic heterocycles. The van der Waals surface area contributed by atoms with Gasteiger partial charge in [0.15, 0.2) is 0 Å². The van der Waals surface area contributed by atoms with Gasteiger partial charge in [-0.25, -0.2) is 4.79 Å². The lowest BCUT2D eigenvalue weighted by Gasteiger charge is -2.26. The van der Waals surface area contributed by atoms with Gasteiger partial charge >= 0.3 is 5.97 Å². The molecule has 20 heavy (non-hydrogen) atoms. The Morgan fingerprint density at radius 1 is 1.35 bits per heavy atom. The van der Waals surface area contributed by atoms with Crippen molar-refractivity contribution in [3.8, 4) is 0 Å². The van der Waals surface area contributed by atoms with Gasteiger partial charge in [-0.1, -0.05) is 32.6 Å². The maximum Gasteiger partial charge on any atom is 0.336 e. The Kier molecular flexibility index (Phi) is 5.46. The molecule has 1 aromatic carbocycles. The third-order valence-electron chi connectivity index (χ3n) is 4.22. The fraction of sp³-hybridized carbons (Fsp3) is 0.562. The van der Waals surface area contributed by atoms with Crippen molar-refractivity contribution in [2.75, 3.05) is 11.9 Å². The van der Waals surface area contributed by atoms with Crippen molar-refractivity contribution < 1.29 is 9.90 Å². The van der Waals surface area contributed by atoms with E-state index in [0.717, 1.165) is 24.1 Å². The molecular weight excluding hydrogens is 318 g/mol. The predicted molar refractivity (Wildman–Crippen MR) is 85.3 cm³/mol. The van der Waals surface area contributed by atoms with E-state index in [1.807, 2.05) is 12.1 Å². The molecule has 1 aliphatic rings. The third-order valence-corrected chi connectivity index (χ3v) is 4.87. The molecule has 0 saturated heterocycles. The van der Waals surface area contributed by atoms with Gasteiger partial charge in [-0.3, -0.25) is 0 Å². The molecule has 1 fully saturated rings. The normalized spacial score (nSPS) is 22.5. The Bertz CT molecular complexity index is 468. The largest absolute Gasteiger partial charge is 0.478 e. The standard InChI is InChI=1S/C16H22BrNO2/c1-11-2-4-12(5-3-11)8-9-18-13-6-7-14(16(19)20)15(17)10-13/h6-7,10-12,18H,2-5,8-9H2,1H3,(H,19,20). The Morgan fingerprint density at radius 3 is 2.65 bits per heavy atom. The molecule has 2 N–H and O–H groups in total. The second-order valence-corrected chi connectivity index (χ2v) is 6.70. The van der Waals surface area contributed by atoms with Crippen LogP contribution in [0.15, 0.2) is 22.7 Å². The minimum Gasteiger partial charge on any atom is -0.478 e. The highest BCUT2D eigenvalue weighted by molar-refractivity contribution is 9.10. The minimum atomic E-state index is -0.903. The zero-order chi connectivity index (χ0) is 14.5. The lowest BCUT2D eigenvalue weighted by Crippen LogP contribution is -2.15. The molecule has 0 unspecified atom stereocenters. The highest BCUT2D eigenvalue weighted by Crippen LogP contribution is 2.30. The number of hydrogen-bond acceptors (Lipinski definition) is 2. The van der Waals surface area contributed by atoms with Gasteiger partial charge in [0.1, 0.15) is 0 Å². The van der Waals surface area contributed by atoms with Crippen LogP contribution < -0.4 is 5.32 Å². The van der Waals surface area contributed by atoms with Gasteiger partial charge in [-0.05, 0) is 52.4 Å². The number of rotatable bonds is 5. The van der Waals surface area contributed by atoms with Gasteiger partial charge in [0.25, 0.3) is 0 Å². The number of benzene rings is 1. The number of nitrogens with one attached hydrogen (secondary N) is 1. The molecule has 2 rings (SSSR count). The van der Waals surface area contributed by atoms with Crippen LogP contribution in [0.4, 0.5) is 5.69 Å². The molecule has 0 atom stereocenters. The number of carbonyl (C=O) groups is 1. The highest BCUT2D eigenvalue weighted by Gasteiger charge is 2.17. The van der Waals surface area contributed by atoms with Crippen LogP contribution in [0.2, 0.25) is 0 Å². The van der Waals surface area contributed by atoms with Crippen molar-refractivity contribution in [1.29, 1.82) is 0 Å². The highest BCUT2D eigenvalue weighted by atomic mass is 79.9. The fourth-order valence-corrected chi connectivity index (χ4v) is 3.39. The first-order valence-corrected chi connectivity index (χ1v) is 8.12. The number of aromatic carboxylic acids is 1.